The van der Waals surface area contributed by atoms with Gasteiger partial charge in [-0.05, 0) is 58.8 Å². The second kappa shape index (κ2) is 9.66. The van der Waals surface area contributed by atoms with E-state index in [4.69, 9.17) is 9.47 Å². The lowest BCUT2D eigenvalue weighted by atomic mass is 10.1. The molecule has 9 heteroatoms. The molecule has 1 aromatic carbocycles. The van der Waals surface area contributed by atoms with Crippen LogP contribution in [0, 0.1) is 6.92 Å². The molecule has 2 aliphatic rings. The average Bonchev–Trinajstić information content (AvgIpc) is 3.28. The van der Waals surface area contributed by atoms with Crippen molar-refractivity contribution < 1.29 is 14.3 Å². The van der Waals surface area contributed by atoms with E-state index in [-0.39, 0.29) is 24.4 Å². The van der Waals surface area contributed by atoms with E-state index in [1.807, 2.05) is 30.7 Å². The molecule has 1 unspecified atom stereocenters. The number of ether oxygens (including phenoxy) is 2. The Kier molecular flexibility index (Phi) is 7.20. The number of hydrogen-bond acceptors (Lipinski definition) is 6. The maximum absolute atomic E-state index is 12.8. The fourth-order valence-corrected chi connectivity index (χ4v) is 4.12. The minimum absolute atomic E-state index is 0. The molecular weight excluding hydrogens is 406 g/mol. The van der Waals surface area contributed by atoms with Crippen LogP contribution in [-0.4, -0.2) is 46.7 Å². The van der Waals surface area contributed by atoms with E-state index in [0.717, 1.165) is 60.7 Å². The summed E-state index contributed by atoms with van der Waals surface area (Å²) in [5, 5.41) is 14.7. The number of rotatable bonds is 6. The average molecular weight is 436 g/mol. The van der Waals surface area contributed by atoms with Gasteiger partial charge in [0, 0.05) is 24.1 Å². The molecule has 1 saturated heterocycles. The summed E-state index contributed by atoms with van der Waals surface area (Å²) in [4.78, 5) is 12.8. The normalized spacial score (nSPS) is 18.3. The second-order valence-corrected chi connectivity index (χ2v) is 7.77. The molecular formula is C21H30ClN5O3. The minimum atomic E-state index is -0.222. The first-order valence-corrected chi connectivity index (χ1v) is 10.4. The Labute approximate surface area is 183 Å². The number of fused-ring (bicyclic) bond motifs is 1. The SMILES string of the molecule is CCOc1cc2c(cc1CNC(=O)c1nnn(C3CCNCC3)c1C)OC(C)C2.Cl. The third kappa shape index (κ3) is 4.54. The van der Waals surface area contributed by atoms with Crippen LogP contribution >= 0.6 is 12.4 Å². The topological polar surface area (TPSA) is 90.3 Å². The number of nitrogens with one attached hydrogen (secondary N) is 2. The summed E-state index contributed by atoms with van der Waals surface area (Å²) in [6.07, 6.45) is 3.03. The van der Waals surface area contributed by atoms with Gasteiger partial charge in [-0.3, -0.25) is 4.79 Å². The molecule has 2 aliphatic heterocycles. The van der Waals surface area contributed by atoms with Crippen molar-refractivity contribution in [2.75, 3.05) is 19.7 Å². The van der Waals surface area contributed by atoms with Gasteiger partial charge in [-0.2, -0.15) is 0 Å². The zero-order valence-electron chi connectivity index (χ0n) is 17.7. The molecule has 0 saturated carbocycles. The number of halogens is 1. The number of benzene rings is 1. The Hall–Kier alpha value is -2.32. The largest absolute Gasteiger partial charge is 0.494 e. The van der Waals surface area contributed by atoms with E-state index in [1.54, 1.807) is 0 Å². The lowest BCUT2D eigenvalue weighted by molar-refractivity contribution is 0.0944. The van der Waals surface area contributed by atoms with Crippen LogP contribution in [-0.2, 0) is 13.0 Å². The smallest absolute Gasteiger partial charge is 0.274 e. The number of aromatic nitrogens is 3. The first-order chi connectivity index (χ1) is 14.1. The molecule has 1 fully saturated rings. The van der Waals surface area contributed by atoms with Gasteiger partial charge in [-0.25, -0.2) is 4.68 Å². The summed E-state index contributed by atoms with van der Waals surface area (Å²) in [5.74, 6) is 1.44. The maximum Gasteiger partial charge on any atom is 0.274 e. The van der Waals surface area contributed by atoms with Gasteiger partial charge < -0.3 is 20.1 Å². The molecule has 1 amide bonds. The van der Waals surface area contributed by atoms with Crippen molar-refractivity contribution in [2.24, 2.45) is 0 Å². The molecule has 0 spiro atoms. The third-order valence-corrected chi connectivity index (χ3v) is 5.62. The van der Waals surface area contributed by atoms with Crippen LogP contribution in [0.1, 0.15) is 60.0 Å². The van der Waals surface area contributed by atoms with Gasteiger partial charge in [0.2, 0.25) is 0 Å². The molecule has 3 heterocycles. The first-order valence-electron chi connectivity index (χ1n) is 10.4. The number of amides is 1. The van der Waals surface area contributed by atoms with E-state index in [1.165, 1.54) is 0 Å². The Morgan fingerprint density at radius 2 is 2.13 bits per heavy atom. The van der Waals surface area contributed by atoms with Crippen LogP contribution in [0.3, 0.4) is 0 Å². The second-order valence-electron chi connectivity index (χ2n) is 7.77. The highest BCUT2D eigenvalue weighted by molar-refractivity contribution is 5.93. The molecule has 30 heavy (non-hydrogen) atoms. The lowest BCUT2D eigenvalue weighted by Gasteiger charge is -2.23. The van der Waals surface area contributed by atoms with Crippen LogP contribution in [0.15, 0.2) is 12.1 Å². The van der Waals surface area contributed by atoms with Gasteiger partial charge in [0.15, 0.2) is 5.69 Å². The molecule has 0 radical (unpaired) electrons. The van der Waals surface area contributed by atoms with Crippen molar-refractivity contribution in [1.29, 1.82) is 0 Å². The van der Waals surface area contributed by atoms with E-state index in [9.17, 15) is 4.79 Å². The zero-order valence-corrected chi connectivity index (χ0v) is 18.6. The van der Waals surface area contributed by atoms with Crippen LogP contribution in [0.2, 0.25) is 0 Å². The van der Waals surface area contributed by atoms with Crippen molar-refractivity contribution >= 4 is 18.3 Å². The van der Waals surface area contributed by atoms with Gasteiger partial charge in [0.05, 0.1) is 18.3 Å². The highest BCUT2D eigenvalue weighted by Gasteiger charge is 2.24. The molecule has 2 aromatic rings. The number of piperidine rings is 1. The summed E-state index contributed by atoms with van der Waals surface area (Å²) in [6.45, 7) is 8.76. The first kappa shape index (κ1) is 22.4. The Morgan fingerprint density at radius 1 is 1.37 bits per heavy atom. The predicted molar refractivity (Wildman–Crippen MR) is 116 cm³/mol. The monoisotopic (exact) mass is 435 g/mol. The highest BCUT2D eigenvalue weighted by atomic mass is 35.5. The fraction of sp³-hybridized carbons (Fsp3) is 0.571. The molecule has 164 valence electrons. The van der Waals surface area contributed by atoms with Crippen molar-refractivity contribution in [3.8, 4) is 11.5 Å². The molecule has 0 aliphatic carbocycles. The number of carbonyl (C=O) groups excluding carboxylic acids is 1. The van der Waals surface area contributed by atoms with Crippen LogP contribution in [0.4, 0.5) is 0 Å². The summed E-state index contributed by atoms with van der Waals surface area (Å²) in [7, 11) is 0. The maximum atomic E-state index is 12.8. The third-order valence-electron chi connectivity index (χ3n) is 5.62. The van der Waals surface area contributed by atoms with Gasteiger partial charge in [-0.15, -0.1) is 17.5 Å². The lowest BCUT2D eigenvalue weighted by Crippen LogP contribution is -2.30. The van der Waals surface area contributed by atoms with Gasteiger partial charge in [0.1, 0.15) is 17.6 Å². The quantitative estimate of drug-likeness (QED) is 0.724. The highest BCUT2D eigenvalue weighted by Crippen LogP contribution is 2.35. The van der Waals surface area contributed by atoms with E-state index in [2.05, 4.69) is 27.9 Å². The molecule has 1 atom stereocenters. The summed E-state index contributed by atoms with van der Waals surface area (Å²) >= 11 is 0. The molecule has 0 bridgehead atoms. The predicted octanol–water partition coefficient (Wildman–Crippen LogP) is 2.58. The Morgan fingerprint density at radius 3 is 2.87 bits per heavy atom. The van der Waals surface area contributed by atoms with Crippen LogP contribution < -0.4 is 20.1 Å². The van der Waals surface area contributed by atoms with E-state index < -0.39 is 0 Å². The van der Waals surface area contributed by atoms with Crippen molar-refractivity contribution in [3.63, 3.8) is 0 Å². The number of carbonyl (C=O) groups is 1. The van der Waals surface area contributed by atoms with E-state index in [0.29, 0.717) is 24.9 Å². The van der Waals surface area contributed by atoms with Crippen LogP contribution in [0.5, 0.6) is 11.5 Å². The minimum Gasteiger partial charge on any atom is -0.494 e. The Bertz CT molecular complexity index is 895. The number of nitrogens with zero attached hydrogens (tertiary/aromatic N) is 3. The summed E-state index contributed by atoms with van der Waals surface area (Å²) < 4.78 is 13.6. The van der Waals surface area contributed by atoms with Crippen LogP contribution in [0.25, 0.3) is 0 Å². The van der Waals surface area contributed by atoms with E-state index >= 15 is 0 Å². The zero-order chi connectivity index (χ0) is 20.4. The summed E-state index contributed by atoms with van der Waals surface area (Å²) in [6, 6.07) is 4.30. The molecule has 2 N–H and O–H groups in total. The van der Waals surface area contributed by atoms with Gasteiger partial charge in [0.25, 0.3) is 5.91 Å². The molecule has 1 aromatic heterocycles. The van der Waals surface area contributed by atoms with Gasteiger partial charge in [-0.1, -0.05) is 5.21 Å². The van der Waals surface area contributed by atoms with Crippen molar-refractivity contribution in [1.82, 2.24) is 25.6 Å². The Balaban J connectivity index is 0.00000256. The van der Waals surface area contributed by atoms with Crippen molar-refractivity contribution in [3.05, 3.63) is 34.6 Å². The fourth-order valence-electron chi connectivity index (χ4n) is 4.12. The standard InChI is InChI=1S/C21H29N5O3.ClH/c1-4-28-18-10-15-9-13(2)29-19(15)11-16(18)12-23-21(27)20-14(3)26(25-24-20)17-5-7-22-8-6-17;/h10-11,13,17,22H,4-9,12H2,1-3H3,(H,23,27);1H. The molecule has 4 rings (SSSR count). The van der Waals surface area contributed by atoms with Crippen molar-refractivity contribution in [2.45, 2.75) is 58.7 Å². The summed E-state index contributed by atoms with van der Waals surface area (Å²) in [5.41, 5.74) is 3.24. The van der Waals surface area contributed by atoms with Gasteiger partial charge >= 0.3 is 0 Å². The molecule has 8 nitrogen and oxygen atoms in total. The number of hydrogen-bond donors (Lipinski definition) is 2.